The van der Waals surface area contributed by atoms with Gasteiger partial charge in [-0.15, -0.1) is 10.2 Å². The Bertz CT molecular complexity index is 919. The van der Waals surface area contributed by atoms with Crippen molar-refractivity contribution in [3.8, 4) is 22.9 Å². The summed E-state index contributed by atoms with van der Waals surface area (Å²) < 4.78 is 36.8. The zero-order valence-corrected chi connectivity index (χ0v) is 14.8. The monoisotopic (exact) mass is 385 g/mol. The summed E-state index contributed by atoms with van der Waals surface area (Å²) in [7, 11) is 0. The minimum absolute atomic E-state index is 0.0189. The van der Waals surface area contributed by atoms with E-state index in [0.29, 0.717) is 11.6 Å². The van der Waals surface area contributed by atoms with Crippen molar-refractivity contribution in [1.82, 2.24) is 15.5 Å². The highest BCUT2D eigenvalue weighted by atomic mass is 19.1. The Labute approximate surface area is 160 Å². The highest BCUT2D eigenvalue weighted by Crippen LogP contribution is 2.18. The summed E-state index contributed by atoms with van der Waals surface area (Å²) >= 11 is 0. The van der Waals surface area contributed by atoms with Crippen LogP contribution >= 0.6 is 0 Å². The van der Waals surface area contributed by atoms with E-state index in [1.807, 2.05) is 0 Å². The quantitative estimate of drug-likeness (QED) is 0.604. The van der Waals surface area contributed by atoms with E-state index >= 15 is 0 Å². The molecule has 0 unspecified atom stereocenters. The Morgan fingerprint density at radius 3 is 2.43 bits per heavy atom. The number of ether oxygens (including phenoxy) is 2. The zero-order chi connectivity index (χ0) is 19.8. The molecule has 0 aliphatic rings. The molecule has 1 amide bonds. The normalized spacial score (nSPS) is 10.4. The minimum atomic E-state index is -0.527. The number of hydrogen-bond donors (Lipinski definition) is 1. The number of para-hydroxylation sites is 1. The summed E-state index contributed by atoms with van der Waals surface area (Å²) in [6.45, 7) is 0.101. The van der Waals surface area contributed by atoms with Crippen LogP contribution in [0.3, 0.4) is 0 Å². The summed E-state index contributed by atoms with van der Waals surface area (Å²) in [6, 6.07) is 15.1. The number of benzene rings is 2. The average molecular weight is 385 g/mol. The summed E-state index contributed by atoms with van der Waals surface area (Å²) in [6.07, 6.45) is 0. The van der Waals surface area contributed by atoms with Gasteiger partial charge in [0.1, 0.15) is 12.4 Å². The molecule has 1 N–H and O–H groups in total. The predicted octanol–water partition coefficient (Wildman–Crippen LogP) is 3.00. The lowest BCUT2D eigenvalue weighted by Gasteiger charge is -2.09. The second-order valence-electron chi connectivity index (χ2n) is 5.68. The van der Waals surface area contributed by atoms with Gasteiger partial charge in [0.25, 0.3) is 5.91 Å². The van der Waals surface area contributed by atoms with Crippen LogP contribution in [0.4, 0.5) is 8.78 Å². The minimum Gasteiger partial charge on any atom is -0.481 e. The molecule has 0 aliphatic heterocycles. The van der Waals surface area contributed by atoms with Crippen molar-refractivity contribution in [3.05, 3.63) is 72.3 Å². The van der Waals surface area contributed by atoms with Gasteiger partial charge in [-0.1, -0.05) is 12.1 Å². The molecule has 0 saturated carbocycles. The molecule has 0 aliphatic carbocycles. The van der Waals surface area contributed by atoms with Crippen LogP contribution in [0.15, 0.2) is 60.7 Å². The van der Waals surface area contributed by atoms with Gasteiger partial charge in [-0.2, -0.15) is 0 Å². The molecule has 0 bridgehead atoms. The van der Waals surface area contributed by atoms with Crippen LogP contribution in [-0.4, -0.2) is 35.9 Å². The van der Waals surface area contributed by atoms with E-state index in [9.17, 15) is 13.6 Å². The van der Waals surface area contributed by atoms with Crippen molar-refractivity contribution in [2.75, 3.05) is 19.8 Å². The third-order valence-electron chi connectivity index (χ3n) is 3.65. The van der Waals surface area contributed by atoms with Crippen molar-refractivity contribution >= 4 is 5.91 Å². The zero-order valence-electron chi connectivity index (χ0n) is 14.8. The van der Waals surface area contributed by atoms with Gasteiger partial charge in [-0.3, -0.25) is 4.79 Å². The molecule has 1 heterocycles. The van der Waals surface area contributed by atoms with Gasteiger partial charge in [0.15, 0.2) is 18.2 Å². The number of hydrogen-bond acceptors (Lipinski definition) is 5. The van der Waals surface area contributed by atoms with Gasteiger partial charge in [-0.25, -0.2) is 8.78 Å². The van der Waals surface area contributed by atoms with Crippen molar-refractivity contribution in [3.63, 3.8) is 0 Å². The van der Waals surface area contributed by atoms with E-state index in [1.54, 1.807) is 30.3 Å². The van der Waals surface area contributed by atoms with Crippen molar-refractivity contribution in [1.29, 1.82) is 0 Å². The van der Waals surface area contributed by atoms with Gasteiger partial charge < -0.3 is 14.8 Å². The van der Waals surface area contributed by atoms with E-state index in [1.165, 1.54) is 30.3 Å². The molecule has 28 heavy (non-hydrogen) atoms. The van der Waals surface area contributed by atoms with E-state index in [-0.39, 0.29) is 31.3 Å². The maximum absolute atomic E-state index is 13.4. The van der Waals surface area contributed by atoms with E-state index in [0.717, 1.165) is 5.56 Å². The molecule has 0 atom stereocenters. The Kier molecular flexibility index (Phi) is 6.46. The highest BCUT2D eigenvalue weighted by molar-refractivity contribution is 5.77. The number of amides is 1. The Morgan fingerprint density at radius 1 is 0.929 bits per heavy atom. The molecule has 6 nitrogen and oxygen atoms in total. The molecule has 3 rings (SSSR count). The summed E-state index contributed by atoms with van der Waals surface area (Å²) in [5.74, 6) is -0.933. The number of halogens is 2. The van der Waals surface area contributed by atoms with Gasteiger partial charge >= 0.3 is 0 Å². The summed E-state index contributed by atoms with van der Waals surface area (Å²) in [5, 5.41) is 10.5. The lowest BCUT2D eigenvalue weighted by Crippen LogP contribution is -2.32. The lowest BCUT2D eigenvalue weighted by atomic mass is 10.1. The second kappa shape index (κ2) is 9.40. The Hall–Kier alpha value is -3.55. The molecule has 2 aromatic carbocycles. The molecular weight excluding hydrogens is 368 g/mol. The largest absolute Gasteiger partial charge is 0.481 e. The van der Waals surface area contributed by atoms with Crippen LogP contribution in [0.5, 0.6) is 11.6 Å². The van der Waals surface area contributed by atoms with Crippen LogP contribution in [0.1, 0.15) is 0 Å². The standard InChI is InChI=1S/C20H17F2N3O3/c21-15-7-5-14(6-8-15)17-9-10-20(25-24-17)27-12-11-23-19(26)13-28-18-4-2-1-3-16(18)22/h1-10H,11-13H2,(H,23,26). The molecule has 3 aromatic rings. The van der Waals surface area contributed by atoms with E-state index in [2.05, 4.69) is 15.5 Å². The number of nitrogens with zero attached hydrogens (tertiary/aromatic N) is 2. The first-order valence-corrected chi connectivity index (χ1v) is 8.48. The summed E-state index contributed by atoms with van der Waals surface area (Å²) in [4.78, 5) is 11.7. The lowest BCUT2D eigenvalue weighted by molar-refractivity contribution is -0.123. The topological polar surface area (TPSA) is 73.3 Å². The summed E-state index contributed by atoms with van der Waals surface area (Å²) in [5.41, 5.74) is 1.33. The molecule has 8 heteroatoms. The maximum Gasteiger partial charge on any atom is 0.258 e. The molecule has 144 valence electrons. The Balaban J connectivity index is 1.38. The van der Waals surface area contributed by atoms with Gasteiger partial charge in [0.2, 0.25) is 5.88 Å². The van der Waals surface area contributed by atoms with Crippen LogP contribution in [0.2, 0.25) is 0 Å². The first-order valence-electron chi connectivity index (χ1n) is 8.48. The third kappa shape index (κ3) is 5.47. The van der Waals surface area contributed by atoms with Crippen LogP contribution in [0.25, 0.3) is 11.3 Å². The van der Waals surface area contributed by atoms with Crippen LogP contribution in [-0.2, 0) is 4.79 Å². The van der Waals surface area contributed by atoms with E-state index in [4.69, 9.17) is 9.47 Å². The van der Waals surface area contributed by atoms with Crippen molar-refractivity contribution < 1.29 is 23.0 Å². The fraction of sp³-hybridized carbons (Fsp3) is 0.150. The highest BCUT2D eigenvalue weighted by Gasteiger charge is 2.06. The molecule has 0 saturated heterocycles. The molecule has 1 aromatic heterocycles. The maximum atomic E-state index is 13.4. The molecular formula is C20H17F2N3O3. The Morgan fingerprint density at radius 2 is 1.71 bits per heavy atom. The molecule has 0 spiro atoms. The fourth-order valence-electron chi connectivity index (χ4n) is 2.27. The first-order chi connectivity index (χ1) is 13.6. The van der Waals surface area contributed by atoms with Gasteiger partial charge in [0, 0.05) is 11.6 Å². The SMILES string of the molecule is O=C(COc1ccccc1F)NCCOc1ccc(-c2ccc(F)cc2)nn1. The third-order valence-corrected chi connectivity index (χ3v) is 3.65. The number of rotatable bonds is 8. The number of aromatic nitrogens is 2. The van der Waals surface area contributed by atoms with Gasteiger partial charge in [0.05, 0.1) is 12.2 Å². The van der Waals surface area contributed by atoms with Crippen molar-refractivity contribution in [2.45, 2.75) is 0 Å². The number of carbonyl (C=O) groups excluding carboxylic acids is 1. The van der Waals surface area contributed by atoms with Crippen LogP contribution in [0, 0.1) is 11.6 Å². The first kappa shape index (κ1) is 19.2. The fourth-order valence-corrected chi connectivity index (χ4v) is 2.27. The van der Waals surface area contributed by atoms with E-state index < -0.39 is 11.7 Å². The average Bonchev–Trinajstić information content (AvgIpc) is 2.72. The number of carbonyl (C=O) groups is 1. The molecule has 0 radical (unpaired) electrons. The smallest absolute Gasteiger partial charge is 0.258 e. The van der Waals surface area contributed by atoms with Crippen LogP contribution < -0.4 is 14.8 Å². The molecule has 0 fully saturated rings. The predicted molar refractivity (Wildman–Crippen MR) is 97.8 cm³/mol. The van der Waals surface area contributed by atoms with Gasteiger partial charge in [-0.05, 0) is 42.5 Å². The van der Waals surface area contributed by atoms with Crippen molar-refractivity contribution in [2.24, 2.45) is 0 Å². The number of nitrogens with one attached hydrogen (secondary N) is 1. The second-order valence-corrected chi connectivity index (χ2v) is 5.68.